The summed E-state index contributed by atoms with van der Waals surface area (Å²) in [6.07, 6.45) is 1.96. The second-order valence-electron chi connectivity index (χ2n) is 10.9. The monoisotopic (exact) mass is 627 g/mol. The van der Waals surface area contributed by atoms with E-state index in [1.54, 1.807) is 19.9 Å². The lowest BCUT2D eigenvalue weighted by Crippen LogP contribution is -2.66. The van der Waals surface area contributed by atoms with Crippen LogP contribution in [0.3, 0.4) is 0 Å². The SMILES string of the molecule is Cc1cc(CN2C(=O)C3C(N=CN3[C@@H](C)C(=O)Nc3cncc(-c4cnc(N5CCC[C@H]5C(F)(F)F)nc4)n3)N(C)C2=O)no1. The number of hydrogen-bond acceptors (Lipinski definition) is 12. The minimum absolute atomic E-state index is 0.0192. The summed E-state index contributed by atoms with van der Waals surface area (Å²) in [7, 11) is 1.52. The van der Waals surface area contributed by atoms with E-state index in [1.165, 1.54) is 48.0 Å². The average Bonchev–Trinajstić information content (AvgIpc) is 3.78. The molecule has 0 spiro atoms. The highest BCUT2D eigenvalue weighted by Gasteiger charge is 2.51. The van der Waals surface area contributed by atoms with Crippen LogP contribution in [0.5, 0.6) is 0 Å². The minimum atomic E-state index is -4.39. The molecule has 3 aliphatic heterocycles. The molecule has 2 saturated heterocycles. The molecule has 0 radical (unpaired) electrons. The number of carbonyl (C=O) groups is 3. The third kappa shape index (κ3) is 5.62. The molecule has 3 aliphatic rings. The number of fused-ring (bicyclic) bond motifs is 1. The molecule has 0 aromatic carbocycles. The molecule has 236 valence electrons. The van der Waals surface area contributed by atoms with Crippen LogP contribution in [0.25, 0.3) is 11.3 Å². The fourth-order valence-electron chi connectivity index (χ4n) is 5.60. The van der Waals surface area contributed by atoms with Crippen LogP contribution in [0, 0.1) is 6.92 Å². The van der Waals surface area contributed by atoms with E-state index in [-0.39, 0.29) is 37.0 Å². The Morgan fingerprint density at radius 2 is 1.93 bits per heavy atom. The second-order valence-corrected chi connectivity index (χ2v) is 10.9. The molecule has 6 rings (SSSR count). The highest BCUT2D eigenvalue weighted by molar-refractivity contribution is 6.03. The van der Waals surface area contributed by atoms with Gasteiger partial charge in [0.05, 0.1) is 31.0 Å². The number of rotatable bonds is 7. The molecule has 2 unspecified atom stereocenters. The Bertz CT molecular complexity index is 1650. The Hall–Kier alpha value is -5.16. The van der Waals surface area contributed by atoms with E-state index in [1.807, 2.05) is 0 Å². The molecule has 1 N–H and O–H groups in total. The van der Waals surface area contributed by atoms with Crippen molar-refractivity contribution in [1.82, 2.24) is 39.8 Å². The number of nitrogens with zero attached hydrogens (tertiary/aromatic N) is 10. The van der Waals surface area contributed by atoms with Gasteiger partial charge in [-0.1, -0.05) is 5.16 Å². The van der Waals surface area contributed by atoms with Crippen LogP contribution in [-0.2, 0) is 16.1 Å². The van der Waals surface area contributed by atoms with Gasteiger partial charge in [-0.05, 0) is 26.7 Å². The van der Waals surface area contributed by atoms with Gasteiger partial charge in [0.15, 0.2) is 18.0 Å². The van der Waals surface area contributed by atoms with Gasteiger partial charge in [-0.3, -0.25) is 19.5 Å². The Balaban J connectivity index is 1.14. The summed E-state index contributed by atoms with van der Waals surface area (Å²) in [6.45, 7) is 3.37. The van der Waals surface area contributed by atoms with Crippen LogP contribution in [-0.4, -0.2) is 108 Å². The fraction of sp³-hybridized carbons (Fsp3) is 0.444. The molecule has 3 aromatic heterocycles. The van der Waals surface area contributed by atoms with Crippen molar-refractivity contribution in [2.45, 2.75) is 63.7 Å². The van der Waals surface area contributed by atoms with Gasteiger partial charge < -0.3 is 24.5 Å². The van der Waals surface area contributed by atoms with Gasteiger partial charge in [-0.25, -0.2) is 24.7 Å². The largest absolute Gasteiger partial charge is 0.408 e. The number of hydrogen-bond donors (Lipinski definition) is 1. The summed E-state index contributed by atoms with van der Waals surface area (Å²) >= 11 is 0. The molecular weight excluding hydrogens is 599 g/mol. The number of alkyl halides is 3. The Labute approximate surface area is 254 Å². The van der Waals surface area contributed by atoms with Gasteiger partial charge in [0.1, 0.15) is 23.5 Å². The van der Waals surface area contributed by atoms with Gasteiger partial charge in [-0.15, -0.1) is 0 Å². The number of likely N-dealkylation sites (N-methyl/N-ethyl adjacent to an activating group) is 1. The fourth-order valence-corrected chi connectivity index (χ4v) is 5.60. The highest BCUT2D eigenvalue weighted by atomic mass is 19.4. The van der Waals surface area contributed by atoms with Crippen LogP contribution >= 0.6 is 0 Å². The van der Waals surface area contributed by atoms with Crippen LogP contribution in [0.15, 0.2) is 40.4 Å². The van der Waals surface area contributed by atoms with Crippen molar-refractivity contribution >= 4 is 36.0 Å². The summed E-state index contributed by atoms with van der Waals surface area (Å²) in [5.41, 5.74) is 1.07. The first-order valence-corrected chi connectivity index (χ1v) is 14.0. The van der Waals surface area contributed by atoms with E-state index < -0.39 is 48.3 Å². The summed E-state index contributed by atoms with van der Waals surface area (Å²) in [5.74, 6) is -0.486. The highest BCUT2D eigenvalue weighted by Crippen LogP contribution is 2.35. The van der Waals surface area contributed by atoms with Crippen molar-refractivity contribution in [3.63, 3.8) is 0 Å². The molecule has 2 fully saturated rings. The molecule has 4 amide bonds. The van der Waals surface area contributed by atoms with E-state index in [0.29, 0.717) is 23.4 Å². The third-order valence-corrected chi connectivity index (χ3v) is 7.94. The van der Waals surface area contributed by atoms with E-state index in [2.05, 4.69) is 35.4 Å². The summed E-state index contributed by atoms with van der Waals surface area (Å²) < 4.78 is 45.2. The van der Waals surface area contributed by atoms with E-state index in [9.17, 15) is 27.6 Å². The molecule has 0 aliphatic carbocycles. The standard InChI is InChI=1S/C27H28F3N11O4/c1-14-7-17(37-45-14)12-40-24(43)21-22(38(3)26(40)44)34-13-41(21)15(2)23(42)36-20-11-31-10-18(35-20)16-8-32-25(33-9-16)39-6-4-5-19(39)27(28,29)30/h7-11,13,15,19,21-22H,4-6,12H2,1-3H3,(H,35,36,42)/t15-,19-,21?,22?/m0/s1. The molecule has 0 bridgehead atoms. The lowest BCUT2D eigenvalue weighted by atomic mass is 10.1. The molecule has 45 heavy (non-hydrogen) atoms. The molecule has 4 atom stereocenters. The lowest BCUT2D eigenvalue weighted by molar-refractivity contribution is -0.146. The van der Waals surface area contributed by atoms with Crippen molar-refractivity contribution < 1.29 is 32.1 Å². The molecule has 6 heterocycles. The van der Waals surface area contributed by atoms with Crippen molar-refractivity contribution in [3.8, 4) is 11.3 Å². The normalized spacial score (nSPS) is 22.3. The van der Waals surface area contributed by atoms with Gasteiger partial charge in [-0.2, -0.15) is 13.2 Å². The quantitative estimate of drug-likeness (QED) is 0.408. The Morgan fingerprint density at radius 3 is 2.62 bits per heavy atom. The topological polar surface area (TPSA) is 166 Å². The number of anilines is 2. The number of halogens is 3. The lowest BCUT2D eigenvalue weighted by Gasteiger charge is -2.42. The summed E-state index contributed by atoms with van der Waals surface area (Å²) in [6, 6.07) is -2.44. The zero-order chi connectivity index (χ0) is 32.0. The number of aryl methyl sites for hydroxylation is 1. The predicted molar refractivity (Wildman–Crippen MR) is 150 cm³/mol. The van der Waals surface area contributed by atoms with Crippen LogP contribution in [0.4, 0.5) is 29.7 Å². The van der Waals surface area contributed by atoms with E-state index in [4.69, 9.17) is 4.52 Å². The molecule has 0 saturated carbocycles. The number of carbonyl (C=O) groups excluding carboxylic acids is 3. The predicted octanol–water partition coefficient (Wildman–Crippen LogP) is 2.22. The summed E-state index contributed by atoms with van der Waals surface area (Å²) in [4.78, 5) is 65.9. The Kier molecular flexibility index (Phi) is 7.57. The van der Waals surface area contributed by atoms with Crippen LogP contribution in [0.2, 0.25) is 0 Å². The molecular formula is C27H28F3N11O4. The van der Waals surface area contributed by atoms with Crippen LogP contribution in [0.1, 0.15) is 31.2 Å². The average molecular weight is 628 g/mol. The number of nitrogens with one attached hydrogen (secondary N) is 1. The first-order valence-electron chi connectivity index (χ1n) is 14.0. The first-order chi connectivity index (χ1) is 21.4. The number of aliphatic imine (C=N–C) groups is 1. The minimum Gasteiger partial charge on any atom is -0.361 e. The maximum absolute atomic E-state index is 13.5. The number of urea groups is 1. The summed E-state index contributed by atoms with van der Waals surface area (Å²) in [5, 5.41) is 6.54. The van der Waals surface area contributed by atoms with Crippen molar-refractivity contribution in [3.05, 3.63) is 42.3 Å². The maximum atomic E-state index is 13.5. The van der Waals surface area contributed by atoms with Crippen LogP contribution < -0.4 is 10.2 Å². The van der Waals surface area contributed by atoms with Gasteiger partial charge in [0.25, 0.3) is 5.91 Å². The second kappa shape index (κ2) is 11.4. The van der Waals surface area contributed by atoms with Gasteiger partial charge in [0, 0.05) is 37.6 Å². The molecule has 18 heteroatoms. The van der Waals surface area contributed by atoms with Crippen molar-refractivity contribution in [2.75, 3.05) is 23.8 Å². The van der Waals surface area contributed by atoms with E-state index >= 15 is 0 Å². The number of imide groups is 1. The van der Waals surface area contributed by atoms with Crippen molar-refractivity contribution in [1.29, 1.82) is 0 Å². The van der Waals surface area contributed by atoms with Gasteiger partial charge in [0.2, 0.25) is 11.9 Å². The third-order valence-electron chi connectivity index (χ3n) is 7.94. The zero-order valence-electron chi connectivity index (χ0n) is 24.3. The molecule has 3 aromatic rings. The smallest absolute Gasteiger partial charge is 0.361 e. The Morgan fingerprint density at radius 1 is 1.18 bits per heavy atom. The molecule has 15 nitrogen and oxygen atoms in total. The zero-order valence-corrected chi connectivity index (χ0v) is 24.3. The number of amides is 4. The van der Waals surface area contributed by atoms with Gasteiger partial charge >= 0.3 is 12.2 Å². The maximum Gasteiger partial charge on any atom is 0.408 e. The van der Waals surface area contributed by atoms with E-state index in [0.717, 1.165) is 9.80 Å². The number of aromatic nitrogens is 5. The van der Waals surface area contributed by atoms with Crippen molar-refractivity contribution in [2.24, 2.45) is 4.99 Å². The first kappa shape index (κ1) is 29.9.